The molecular formula is C13H8F3N3O2S. The average molecular weight is 327 g/mol. The molecule has 1 heterocycles. The predicted octanol–water partition coefficient (Wildman–Crippen LogP) is 2.25. The van der Waals surface area contributed by atoms with Crippen molar-refractivity contribution < 1.29 is 13.2 Å². The van der Waals surface area contributed by atoms with E-state index in [-0.39, 0.29) is 17.1 Å². The molecule has 0 unspecified atom stereocenters. The zero-order valence-corrected chi connectivity index (χ0v) is 11.6. The van der Waals surface area contributed by atoms with Crippen molar-refractivity contribution in [2.24, 2.45) is 0 Å². The number of nitrogens with zero attached hydrogens (tertiary/aromatic N) is 1. The first-order valence-corrected chi connectivity index (χ1v) is 6.85. The minimum atomic E-state index is -4.40. The fourth-order valence-electron chi connectivity index (χ4n) is 1.60. The second-order valence-corrected chi connectivity index (χ2v) is 5.23. The Bertz CT molecular complexity index is 832. The highest BCUT2D eigenvalue weighted by atomic mass is 32.2. The van der Waals surface area contributed by atoms with Crippen molar-refractivity contribution in [3.8, 4) is 6.07 Å². The lowest BCUT2D eigenvalue weighted by Crippen LogP contribution is -2.31. The fraction of sp³-hybridized carbons (Fsp3) is 0.154. The second kappa shape index (κ2) is 6.11. The van der Waals surface area contributed by atoms with Gasteiger partial charge in [0.05, 0.1) is 11.3 Å². The van der Waals surface area contributed by atoms with E-state index < -0.39 is 22.9 Å². The first kappa shape index (κ1) is 15.9. The Balaban J connectivity index is 2.17. The highest BCUT2D eigenvalue weighted by Gasteiger charge is 2.29. The van der Waals surface area contributed by atoms with E-state index in [4.69, 9.17) is 5.26 Å². The van der Waals surface area contributed by atoms with E-state index in [1.165, 1.54) is 12.1 Å². The molecule has 2 aromatic rings. The summed E-state index contributed by atoms with van der Waals surface area (Å²) in [6.45, 7) is 0. The van der Waals surface area contributed by atoms with Gasteiger partial charge in [-0.2, -0.15) is 18.4 Å². The summed E-state index contributed by atoms with van der Waals surface area (Å²) in [7, 11) is 0. The van der Waals surface area contributed by atoms with E-state index in [2.05, 4.69) is 9.97 Å². The smallest absolute Gasteiger partial charge is 0.318 e. The van der Waals surface area contributed by atoms with Crippen LogP contribution >= 0.6 is 11.8 Å². The molecule has 1 aromatic heterocycles. The molecule has 0 bridgehead atoms. The number of alkyl halides is 3. The molecule has 0 saturated heterocycles. The zero-order chi connectivity index (χ0) is 16.3. The van der Waals surface area contributed by atoms with Crippen LogP contribution < -0.4 is 11.1 Å². The van der Waals surface area contributed by atoms with Gasteiger partial charge in [0.1, 0.15) is 11.8 Å². The molecule has 0 spiro atoms. The van der Waals surface area contributed by atoms with Gasteiger partial charge in [-0.15, -0.1) is 11.8 Å². The number of nitriles is 1. The quantitative estimate of drug-likeness (QED) is 0.668. The van der Waals surface area contributed by atoms with E-state index in [0.29, 0.717) is 4.90 Å². The standard InChI is InChI=1S/C13H8F3N3O2S/c14-13(15,16)7-1-3-8(4-2-7)22-6-10-9(5-17)18-11(20)12(21)19-10/h1-4H,6H2,(H,18,20)(H,19,21). The van der Waals surface area contributed by atoms with Crippen LogP contribution in [0.2, 0.25) is 0 Å². The minimum Gasteiger partial charge on any atom is -0.318 e. The van der Waals surface area contributed by atoms with Crippen molar-refractivity contribution in [1.82, 2.24) is 9.97 Å². The molecule has 0 aliphatic rings. The summed E-state index contributed by atoms with van der Waals surface area (Å²) in [5, 5.41) is 8.88. The molecule has 0 radical (unpaired) electrons. The third kappa shape index (κ3) is 3.59. The highest BCUT2D eigenvalue weighted by molar-refractivity contribution is 7.98. The molecule has 1 aromatic carbocycles. The van der Waals surface area contributed by atoms with Crippen molar-refractivity contribution in [3.05, 3.63) is 61.9 Å². The Morgan fingerprint density at radius 3 is 2.23 bits per heavy atom. The maximum atomic E-state index is 12.4. The summed E-state index contributed by atoms with van der Waals surface area (Å²) in [6.07, 6.45) is -4.40. The lowest BCUT2D eigenvalue weighted by Gasteiger charge is -2.07. The molecule has 0 saturated carbocycles. The van der Waals surface area contributed by atoms with E-state index in [9.17, 15) is 22.8 Å². The van der Waals surface area contributed by atoms with Crippen molar-refractivity contribution in [1.29, 1.82) is 5.26 Å². The van der Waals surface area contributed by atoms with Gasteiger partial charge in [-0.05, 0) is 24.3 Å². The van der Waals surface area contributed by atoms with Gasteiger partial charge >= 0.3 is 17.3 Å². The molecule has 0 amide bonds. The van der Waals surface area contributed by atoms with Gasteiger partial charge in [0.25, 0.3) is 0 Å². The normalized spacial score (nSPS) is 11.2. The van der Waals surface area contributed by atoms with Gasteiger partial charge in [-0.25, -0.2) is 0 Å². The van der Waals surface area contributed by atoms with E-state index in [1.807, 2.05) is 0 Å². The number of nitrogens with one attached hydrogen (secondary N) is 2. The van der Waals surface area contributed by atoms with Gasteiger partial charge in [0.2, 0.25) is 0 Å². The predicted molar refractivity (Wildman–Crippen MR) is 73.4 cm³/mol. The van der Waals surface area contributed by atoms with E-state index >= 15 is 0 Å². The first-order valence-electron chi connectivity index (χ1n) is 5.87. The van der Waals surface area contributed by atoms with Gasteiger partial charge in [0, 0.05) is 10.6 Å². The monoisotopic (exact) mass is 327 g/mol. The number of aromatic nitrogens is 2. The van der Waals surface area contributed by atoms with Crippen LogP contribution in [0, 0.1) is 11.3 Å². The topological polar surface area (TPSA) is 89.5 Å². The molecular weight excluding hydrogens is 319 g/mol. The number of thioether (sulfide) groups is 1. The number of hydrogen-bond donors (Lipinski definition) is 2. The molecule has 9 heteroatoms. The Labute approximate surface area is 125 Å². The summed E-state index contributed by atoms with van der Waals surface area (Å²) in [4.78, 5) is 27.3. The Morgan fingerprint density at radius 2 is 1.68 bits per heavy atom. The minimum absolute atomic E-state index is 0.0796. The van der Waals surface area contributed by atoms with Gasteiger partial charge in [-0.3, -0.25) is 9.59 Å². The van der Waals surface area contributed by atoms with E-state index in [0.717, 1.165) is 23.9 Å². The largest absolute Gasteiger partial charge is 0.416 e. The molecule has 22 heavy (non-hydrogen) atoms. The van der Waals surface area contributed by atoms with Gasteiger partial charge in [0.15, 0.2) is 0 Å². The number of aromatic amines is 2. The summed E-state index contributed by atoms with van der Waals surface area (Å²) < 4.78 is 37.3. The second-order valence-electron chi connectivity index (χ2n) is 4.18. The maximum Gasteiger partial charge on any atom is 0.416 e. The molecule has 0 atom stereocenters. The van der Waals surface area contributed by atoms with Crippen molar-refractivity contribution >= 4 is 11.8 Å². The molecule has 114 valence electrons. The number of rotatable bonds is 3. The van der Waals surface area contributed by atoms with E-state index in [1.54, 1.807) is 6.07 Å². The van der Waals surface area contributed by atoms with Crippen LogP contribution in [0.1, 0.15) is 17.0 Å². The molecule has 0 fully saturated rings. The summed E-state index contributed by atoms with van der Waals surface area (Å²) in [6, 6.07) is 6.23. The van der Waals surface area contributed by atoms with Crippen LogP contribution in [0.25, 0.3) is 0 Å². The molecule has 0 aliphatic carbocycles. The lowest BCUT2D eigenvalue weighted by atomic mass is 10.2. The van der Waals surface area contributed by atoms with Crippen molar-refractivity contribution in [3.63, 3.8) is 0 Å². The fourth-order valence-corrected chi connectivity index (χ4v) is 2.46. The van der Waals surface area contributed by atoms with Crippen LogP contribution in [0.3, 0.4) is 0 Å². The molecule has 5 nitrogen and oxygen atoms in total. The number of hydrogen-bond acceptors (Lipinski definition) is 4. The summed E-state index contributed by atoms with van der Waals surface area (Å²) in [5.41, 5.74) is -2.45. The third-order valence-corrected chi connectivity index (χ3v) is 3.73. The van der Waals surface area contributed by atoms with Crippen molar-refractivity contribution in [2.75, 3.05) is 0 Å². The van der Waals surface area contributed by atoms with Crippen molar-refractivity contribution in [2.45, 2.75) is 16.8 Å². The molecule has 2 rings (SSSR count). The lowest BCUT2D eigenvalue weighted by molar-refractivity contribution is -0.137. The average Bonchev–Trinajstić information content (AvgIpc) is 2.47. The maximum absolute atomic E-state index is 12.4. The van der Waals surface area contributed by atoms with Crippen LogP contribution in [0.4, 0.5) is 13.2 Å². The number of benzene rings is 1. The Kier molecular flexibility index (Phi) is 4.42. The van der Waals surface area contributed by atoms with Crippen LogP contribution in [-0.2, 0) is 11.9 Å². The SMILES string of the molecule is N#Cc1[nH]c(=O)c(=O)[nH]c1CSc1ccc(C(F)(F)F)cc1. The third-order valence-electron chi connectivity index (χ3n) is 2.69. The van der Waals surface area contributed by atoms with Gasteiger partial charge < -0.3 is 9.97 Å². The highest BCUT2D eigenvalue weighted by Crippen LogP contribution is 2.31. The van der Waals surface area contributed by atoms with Crippen LogP contribution in [0.15, 0.2) is 38.8 Å². The summed E-state index contributed by atoms with van der Waals surface area (Å²) >= 11 is 1.13. The first-order chi connectivity index (χ1) is 10.3. The molecule has 2 N–H and O–H groups in total. The van der Waals surface area contributed by atoms with Crippen LogP contribution in [-0.4, -0.2) is 9.97 Å². The number of halogens is 3. The number of H-pyrrole nitrogens is 2. The summed E-state index contributed by atoms with van der Waals surface area (Å²) in [5.74, 6) is 0.125. The Morgan fingerprint density at radius 1 is 1.09 bits per heavy atom. The van der Waals surface area contributed by atoms with Crippen LogP contribution in [0.5, 0.6) is 0 Å². The Hall–Kier alpha value is -2.47. The van der Waals surface area contributed by atoms with Gasteiger partial charge in [-0.1, -0.05) is 0 Å². The molecule has 0 aliphatic heterocycles. The zero-order valence-electron chi connectivity index (χ0n) is 10.8.